The minimum absolute atomic E-state index is 0.394. The molecule has 0 amide bonds. The number of hydrogen-bond acceptors (Lipinski definition) is 2. The first-order valence-electron chi connectivity index (χ1n) is 7.15. The monoisotopic (exact) mass is 351 g/mol. The molecule has 0 aliphatic carbocycles. The molecule has 0 aliphatic heterocycles. The number of thiophene rings is 1. The Morgan fingerprint density at radius 3 is 2.45 bits per heavy atom. The lowest BCUT2D eigenvalue weighted by Crippen LogP contribution is -2.23. The third-order valence-corrected chi connectivity index (χ3v) is 5.44. The van der Waals surface area contributed by atoms with E-state index < -0.39 is 0 Å². The summed E-state index contributed by atoms with van der Waals surface area (Å²) in [6.07, 6.45) is 2.20. The summed E-state index contributed by atoms with van der Waals surface area (Å²) in [7, 11) is 0. The molecule has 2 aromatic rings. The normalized spacial score (nSPS) is 12.6. The first-order valence-corrected chi connectivity index (χ1v) is 8.76. The van der Waals surface area contributed by atoms with Crippen molar-refractivity contribution in [1.82, 2.24) is 5.32 Å². The van der Waals surface area contributed by atoms with E-state index in [9.17, 15) is 0 Å². The van der Waals surface area contributed by atoms with E-state index in [1.165, 1.54) is 25.4 Å². The number of hydrogen-bond donors (Lipinski definition) is 1. The smallest absolute Gasteiger partial charge is 0.0467 e. The van der Waals surface area contributed by atoms with Gasteiger partial charge >= 0.3 is 0 Å². The second-order valence-corrected chi connectivity index (χ2v) is 7.41. The van der Waals surface area contributed by atoms with Crippen molar-refractivity contribution in [2.75, 3.05) is 6.54 Å². The van der Waals surface area contributed by atoms with Crippen molar-refractivity contribution in [2.24, 2.45) is 0 Å². The third-order valence-electron chi connectivity index (χ3n) is 3.35. The fourth-order valence-corrected chi connectivity index (χ4v) is 4.28. The van der Waals surface area contributed by atoms with Gasteiger partial charge in [0.05, 0.1) is 0 Å². The molecule has 0 saturated carbocycles. The minimum atomic E-state index is 0.394. The summed E-state index contributed by atoms with van der Waals surface area (Å²) in [5.41, 5.74) is 2.71. The van der Waals surface area contributed by atoms with Gasteiger partial charge in [0, 0.05) is 20.3 Å². The number of benzene rings is 1. The lowest BCUT2D eigenvalue weighted by atomic mass is 10.0. The van der Waals surface area contributed by atoms with Crippen LogP contribution in [0.5, 0.6) is 0 Å². The van der Waals surface area contributed by atoms with Crippen LogP contribution in [-0.4, -0.2) is 6.54 Å². The quantitative estimate of drug-likeness (QED) is 0.733. The number of nitrogens with one attached hydrogen (secondary N) is 1. The lowest BCUT2D eigenvalue weighted by molar-refractivity contribution is 0.535. The predicted molar refractivity (Wildman–Crippen MR) is 92.7 cm³/mol. The molecule has 108 valence electrons. The average molecular weight is 352 g/mol. The molecule has 1 unspecified atom stereocenters. The van der Waals surface area contributed by atoms with Crippen molar-refractivity contribution in [3.63, 3.8) is 0 Å². The summed E-state index contributed by atoms with van der Waals surface area (Å²) in [5, 5.41) is 3.68. The number of aryl methyl sites for hydroxylation is 2. The van der Waals surface area contributed by atoms with Gasteiger partial charge in [-0.25, -0.2) is 0 Å². The van der Waals surface area contributed by atoms with Crippen LogP contribution >= 0.6 is 27.3 Å². The van der Waals surface area contributed by atoms with Crippen LogP contribution in [-0.2, 0) is 6.42 Å². The van der Waals surface area contributed by atoms with Crippen LogP contribution < -0.4 is 5.32 Å². The number of rotatable bonds is 6. The largest absolute Gasteiger partial charge is 0.309 e. The molecule has 0 aliphatic rings. The Morgan fingerprint density at radius 1 is 1.20 bits per heavy atom. The van der Waals surface area contributed by atoms with Gasteiger partial charge < -0.3 is 5.32 Å². The zero-order valence-electron chi connectivity index (χ0n) is 12.4. The van der Waals surface area contributed by atoms with Crippen LogP contribution in [0.1, 0.15) is 40.3 Å². The standard InChI is InChI=1S/C17H22BrNS/c1-4-9-19-16(17-15(18)10-13(3)20-17)11-14-7-5-12(2)6-8-14/h5-8,10,16,19H,4,9,11H2,1-3H3. The molecular formula is C17H22BrNS. The van der Waals surface area contributed by atoms with E-state index >= 15 is 0 Å². The fourth-order valence-electron chi connectivity index (χ4n) is 2.27. The molecule has 0 bridgehead atoms. The van der Waals surface area contributed by atoms with Gasteiger partial charge in [-0.3, -0.25) is 0 Å². The minimum Gasteiger partial charge on any atom is -0.309 e. The Bertz CT molecular complexity index is 545. The van der Waals surface area contributed by atoms with E-state index in [1.807, 2.05) is 11.3 Å². The van der Waals surface area contributed by atoms with Crippen LogP contribution in [0.4, 0.5) is 0 Å². The predicted octanol–water partition coefficient (Wildman–Crippen LogP) is 5.41. The van der Waals surface area contributed by atoms with Gasteiger partial charge in [-0.2, -0.15) is 0 Å². The lowest BCUT2D eigenvalue weighted by Gasteiger charge is -2.18. The maximum atomic E-state index is 3.71. The Kier molecular flexibility index (Phi) is 5.82. The summed E-state index contributed by atoms with van der Waals surface area (Å²) < 4.78 is 1.24. The highest BCUT2D eigenvalue weighted by molar-refractivity contribution is 9.10. The maximum absolute atomic E-state index is 3.71. The Balaban J connectivity index is 2.19. The molecule has 1 aromatic carbocycles. The summed E-state index contributed by atoms with van der Waals surface area (Å²) in [6.45, 7) is 7.57. The molecule has 1 nitrogen and oxygen atoms in total. The van der Waals surface area contributed by atoms with Gasteiger partial charge in [-0.15, -0.1) is 11.3 Å². The molecular weight excluding hydrogens is 330 g/mol. The highest BCUT2D eigenvalue weighted by Crippen LogP contribution is 2.33. The van der Waals surface area contributed by atoms with Crippen molar-refractivity contribution in [3.8, 4) is 0 Å². The summed E-state index contributed by atoms with van der Waals surface area (Å²) in [4.78, 5) is 2.77. The van der Waals surface area contributed by atoms with E-state index in [2.05, 4.69) is 72.3 Å². The number of halogens is 1. The Hall–Kier alpha value is -0.640. The average Bonchev–Trinajstić information content (AvgIpc) is 2.76. The van der Waals surface area contributed by atoms with E-state index in [0.29, 0.717) is 6.04 Å². The SMILES string of the molecule is CCCNC(Cc1ccc(C)cc1)c1sc(C)cc1Br. The second-order valence-electron chi connectivity index (χ2n) is 5.27. The van der Waals surface area contributed by atoms with Crippen molar-refractivity contribution >= 4 is 27.3 Å². The molecule has 3 heteroatoms. The molecule has 1 aromatic heterocycles. The summed E-state index contributed by atoms with van der Waals surface area (Å²) in [5.74, 6) is 0. The first kappa shape index (κ1) is 15.7. The molecule has 2 rings (SSSR count). The van der Waals surface area contributed by atoms with Gasteiger partial charge in [0.15, 0.2) is 0 Å². The van der Waals surface area contributed by atoms with Crippen LogP contribution in [0, 0.1) is 13.8 Å². The van der Waals surface area contributed by atoms with Crippen LogP contribution in [0.3, 0.4) is 0 Å². The van der Waals surface area contributed by atoms with E-state index in [4.69, 9.17) is 0 Å². The van der Waals surface area contributed by atoms with E-state index in [-0.39, 0.29) is 0 Å². The molecule has 0 radical (unpaired) electrons. The second kappa shape index (κ2) is 7.39. The summed E-state index contributed by atoms with van der Waals surface area (Å²) in [6, 6.07) is 11.5. The summed E-state index contributed by atoms with van der Waals surface area (Å²) >= 11 is 5.59. The third kappa shape index (κ3) is 4.18. The molecule has 0 spiro atoms. The zero-order valence-corrected chi connectivity index (χ0v) is 14.8. The van der Waals surface area contributed by atoms with Crippen molar-refractivity contribution in [1.29, 1.82) is 0 Å². The molecule has 0 saturated heterocycles. The molecule has 20 heavy (non-hydrogen) atoms. The molecule has 0 fully saturated rings. The van der Waals surface area contributed by atoms with Gasteiger partial charge in [0.25, 0.3) is 0 Å². The van der Waals surface area contributed by atoms with Gasteiger partial charge in [-0.05, 0) is 60.8 Å². The Labute approximate surface area is 134 Å². The van der Waals surface area contributed by atoms with Crippen LogP contribution in [0.25, 0.3) is 0 Å². The van der Waals surface area contributed by atoms with Crippen molar-refractivity contribution in [3.05, 3.63) is 55.7 Å². The van der Waals surface area contributed by atoms with Gasteiger partial charge in [-0.1, -0.05) is 36.8 Å². The van der Waals surface area contributed by atoms with Crippen molar-refractivity contribution in [2.45, 2.75) is 39.7 Å². The first-order chi connectivity index (χ1) is 9.60. The van der Waals surface area contributed by atoms with E-state index in [0.717, 1.165) is 19.4 Å². The highest BCUT2D eigenvalue weighted by atomic mass is 79.9. The Morgan fingerprint density at radius 2 is 1.90 bits per heavy atom. The molecule has 1 N–H and O–H groups in total. The van der Waals surface area contributed by atoms with E-state index in [1.54, 1.807) is 0 Å². The molecule has 1 atom stereocenters. The highest BCUT2D eigenvalue weighted by Gasteiger charge is 2.17. The van der Waals surface area contributed by atoms with Gasteiger partial charge in [0.2, 0.25) is 0 Å². The van der Waals surface area contributed by atoms with Crippen molar-refractivity contribution < 1.29 is 0 Å². The van der Waals surface area contributed by atoms with Crippen LogP contribution in [0.2, 0.25) is 0 Å². The maximum Gasteiger partial charge on any atom is 0.0467 e. The fraction of sp³-hybridized carbons (Fsp3) is 0.412. The van der Waals surface area contributed by atoms with Gasteiger partial charge in [0.1, 0.15) is 0 Å². The molecule has 1 heterocycles. The zero-order chi connectivity index (χ0) is 14.5. The topological polar surface area (TPSA) is 12.0 Å². The van der Waals surface area contributed by atoms with Crippen LogP contribution in [0.15, 0.2) is 34.8 Å².